The Balaban J connectivity index is 1.03. The molecule has 57 heavy (non-hydrogen) atoms. The summed E-state index contributed by atoms with van der Waals surface area (Å²) in [6, 6.07) is 22.5. The van der Waals surface area contributed by atoms with Crippen molar-refractivity contribution in [1.82, 2.24) is 18.9 Å². The van der Waals surface area contributed by atoms with Gasteiger partial charge >= 0.3 is 5.69 Å². The van der Waals surface area contributed by atoms with Crippen LogP contribution < -0.4 is 20.7 Å². The van der Waals surface area contributed by atoms with Crippen molar-refractivity contribution in [2.75, 3.05) is 13.1 Å². The van der Waals surface area contributed by atoms with Gasteiger partial charge in [-0.05, 0) is 104 Å². The van der Waals surface area contributed by atoms with Crippen LogP contribution in [0.1, 0.15) is 41.6 Å². The van der Waals surface area contributed by atoms with Crippen molar-refractivity contribution < 1.29 is 19.1 Å². The lowest BCUT2D eigenvalue weighted by Crippen LogP contribution is -2.61. The van der Waals surface area contributed by atoms with Crippen LogP contribution in [0.25, 0.3) is 0 Å². The van der Waals surface area contributed by atoms with Gasteiger partial charge in [-0.1, -0.05) is 81.7 Å². The van der Waals surface area contributed by atoms with Crippen molar-refractivity contribution >= 4 is 81.4 Å². The number of benzene rings is 4. The van der Waals surface area contributed by atoms with E-state index in [1.54, 1.807) is 102 Å². The summed E-state index contributed by atoms with van der Waals surface area (Å²) in [5.74, 6) is 0.433. The lowest BCUT2D eigenvalue weighted by molar-refractivity contribution is -0.164. The molecule has 2 saturated heterocycles. The quantitative estimate of drug-likeness (QED) is 0.103. The Hall–Kier alpha value is -4.16. The normalized spacial score (nSPS) is 19.0. The lowest BCUT2D eigenvalue weighted by Gasteiger charge is -2.47. The molecule has 0 spiro atoms. The van der Waals surface area contributed by atoms with Crippen LogP contribution in [0.4, 0.5) is 0 Å². The van der Waals surface area contributed by atoms with Crippen LogP contribution in [0, 0.1) is 6.92 Å². The fraction of sp³-hybridized carbons (Fsp3) is 0.268. The highest BCUT2D eigenvalue weighted by Crippen LogP contribution is 2.43. The van der Waals surface area contributed by atoms with E-state index in [9.17, 15) is 19.2 Å². The zero-order chi connectivity index (χ0) is 40.5. The van der Waals surface area contributed by atoms with E-state index in [1.165, 1.54) is 15.3 Å². The van der Waals surface area contributed by atoms with Crippen LogP contribution in [-0.2, 0) is 22.7 Å². The Kier molecular flexibility index (Phi) is 12.5. The maximum Gasteiger partial charge on any atom is 0.330 e. The van der Waals surface area contributed by atoms with Crippen LogP contribution in [0.3, 0.4) is 0 Å². The summed E-state index contributed by atoms with van der Waals surface area (Å²) in [4.78, 5) is 57.2. The number of halogens is 6. The number of β-lactam (4-membered cyclic amide) rings is 2. The molecule has 7 rings (SSSR count). The monoisotopic (exact) mass is 888 g/mol. The highest BCUT2D eigenvalue weighted by Gasteiger charge is 2.51. The first-order valence-corrected chi connectivity index (χ1v) is 20.2. The fourth-order valence-corrected chi connectivity index (χ4v) is 8.49. The minimum Gasteiger partial charge on any atom is -0.478 e. The van der Waals surface area contributed by atoms with Gasteiger partial charge in [0, 0.05) is 68.1 Å². The molecule has 10 nitrogen and oxygen atoms in total. The average Bonchev–Trinajstić information content (AvgIpc) is 3.18. The largest absolute Gasteiger partial charge is 0.478 e. The molecule has 2 aliphatic rings. The van der Waals surface area contributed by atoms with E-state index in [0.29, 0.717) is 71.2 Å². The third-order valence-corrected chi connectivity index (χ3v) is 11.6. The van der Waals surface area contributed by atoms with Gasteiger partial charge in [0.15, 0.2) is 0 Å². The summed E-state index contributed by atoms with van der Waals surface area (Å²) < 4.78 is 14.8. The second-order valence-electron chi connectivity index (χ2n) is 13.7. The smallest absolute Gasteiger partial charge is 0.330 e. The lowest BCUT2D eigenvalue weighted by atomic mass is 9.90. The molecule has 3 heterocycles. The summed E-state index contributed by atoms with van der Waals surface area (Å²) in [7, 11) is 0. The van der Waals surface area contributed by atoms with Gasteiger partial charge < -0.3 is 23.8 Å². The Bertz CT molecular complexity index is 2440. The predicted molar refractivity (Wildman–Crippen MR) is 223 cm³/mol. The Morgan fingerprint density at radius 3 is 1.40 bits per heavy atom. The number of aromatic nitrogens is 2. The molecule has 296 valence electrons. The molecular formula is C41H34Cl6N4O6. The van der Waals surface area contributed by atoms with Gasteiger partial charge in [-0.2, -0.15) is 0 Å². The average molecular weight is 891 g/mol. The van der Waals surface area contributed by atoms with Crippen molar-refractivity contribution in [2.24, 2.45) is 0 Å². The van der Waals surface area contributed by atoms with Crippen molar-refractivity contribution in [2.45, 2.75) is 57.1 Å². The minimum atomic E-state index is -0.864. The van der Waals surface area contributed by atoms with Crippen LogP contribution in [0.2, 0.25) is 30.1 Å². The third-order valence-electron chi connectivity index (χ3n) is 10.0. The topological polar surface area (TPSA) is 103 Å². The van der Waals surface area contributed by atoms with Crippen molar-refractivity contribution in [3.8, 4) is 11.5 Å². The van der Waals surface area contributed by atoms with Gasteiger partial charge in [0.2, 0.25) is 12.2 Å². The van der Waals surface area contributed by atoms with E-state index in [0.717, 1.165) is 0 Å². The third kappa shape index (κ3) is 8.67. The number of rotatable bonds is 14. The van der Waals surface area contributed by atoms with Gasteiger partial charge in [-0.3, -0.25) is 19.0 Å². The van der Waals surface area contributed by atoms with E-state index in [-0.39, 0.29) is 38.0 Å². The first kappa shape index (κ1) is 41.0. The van der Waals surface area contributed by atoms with Crippen LogP contribution >= 0.6 is 69.6 Å². The summed E-state index contributed by atoms with van der Waals surface area (Å²) in [6.45, 7) is 2.41. The van der Waals surface area contributed by atoms with Gasteiger partial charge in [0.05, 0.1) is 0 Å². The molecule has 0 N–H and O–H groups in total. The Labute approximate surface area is 357 Å². The maximum atomic E-state index is 13.7. The molecule has 0 bridgehead atoms. The second kappa shape index (κ2) is 17.4. The summed E-state index contributed by atoms with van der Waals surface area (Å²) >= 11 is 37.6. The van der Waals surface area contributed by atoms with Gasteiger partial charge in [-0.15, -0.1) is 0 Å². The Morgan fingerprint density at radius 1 is 0.544 bits per heavy atom. The standard InChI is InChI=1S/C41H34Cl6N4O6/c1-23-22-48(16-2-17-49-34(30-14-8-26(44)20-32(30)46)36(39(49)53)56-28-10-4-24(42)5-11-28)41(55)51(38(23)52)19-3-18-50-35(31-15-9-27(45)21-33(31)47)37(40(50)54)57-29-12-6-25(43)7-13-29/h4-15,20-22,34-37H,2-3,16-19H2,1H3/t34-,35-,36+,37+/m1/s1. The molecule has 4 atom stereocenters. The summed E-state index contributed by atoms with van der Waals surface area (Å²) in [5.41, 5.74) is 0.770. The number of carbonyl (C=O) groups excluding carboxylic acids is 2. The van der Waals surface area contributed by atoms with Gasteiger partial charge in [0.1, 0.15) is 23.6 Å². The SMILES string of the molecule is Cc1cn(CCCN2C(=O)[C@@H](Oc3ccc(Cl)cc3)[C@H]2c2ccc(Cl)cc2Cl)c(=O)n(CCCN2C(=O)[C@@H](Oc3ccc(Cl)cc3)[C@H]2c2ccc(Cl)cc2Cl)c1=O. The zero-order valence-electron chi connectivity index (χ0n) is 30.2. The molecule has 4 aromatic carbocycles. The van der Waals surface area contributed by atoms with Crippen LogP contribution in [0.15, 0.2) is 101 Å². The first-order valence-electron chi connectivity index (χ1n) is 18.0. The first-order chi connectivity index (χ1) is 27.3. The summed E-state index contributed by atoms with van der Waals surface area (Å²) in [5, 5.41) is 2.73. The fourth-order valence-electron chi connectivity index (χ4n) is 7.19. The predicted octanol–water partition coefficient (Wildman–Crippen LogP) is 9.08. The highest BCUT2D eigenvalue weighted by atomic mass is 35.5. The van der Waals surface area contributed by atoms with Crippen molar-refractivity contribution in [1.29, 1.82) is 0 Å². The van der Waals surface area contributed by atoms with E-state index in [2.05, 4.69) is 0 Å². The number of hydrogen-bond acceptors (Lipinski definition) is 6. The van der Waals surface area contributed by atoms with Crippen LogP contribution in [-0.4, -0.2) is 56.0 Å². The number of ether oxygens (including phenoxy) is 2. The molecule has 2 aliphatic heterocycles. The highest BCUT2D eigenvalue weighted by molar-refractivity contribution is 6.35. The summed E-state index contributed by atoms with van der Waals surface area (Å²) in [6.07, 6.45) is 0.497. The van der Waals surface area contributed by atoms with E-state index in [4.69, 9.17) is 79.1 Å². The molecular weight excluding hydrogens is 857 g/mol. The molecule has 5 aromatic rings. The molecule has 0 radical (unpaired) electrons. The second-order valence-corrected chi connectivity index (χ2v) is 16.3. The van der Waals surface area contributed by atoms with Crippen molar-refractivity contribution in [3.05, 3.63) is 159 Å². The van der Waals surface area contributed by atoms with Gasteiger partial charge in [0.25, 0.3) is 17.4 Å². The number of amides is 2. The number of nitrogens with zero attached hydrogens (tertiary/aromatic N) is 4. The number of likely N-dealkylation sites (tertiary alicyclic amines) is 2. The van der Waals surface area contributed by atoms with Crippen molar-refractivity contribution in [3.63, 3.8) is 0 Å². The van der Waals surface area contributed by atoms with E-state index >= 15 is 0 Å². The number of hydrogen-bond donors (Lipinski definition) is 0. The van der Waals surface area contributed by atoms with E-state index < -0.39 is 35.5 Å². The molecule has 16 heteroatoms. The molecule has 0 saturated carbocycles. The molecule has 0 aliphatic carbocycles. The maximum absolute atomic E-state index is 13.7. The number of aryl methyl sites for hydroxylation is 2. The molecule has 0 unspecified atom stereocenters. The van der Waals surface area contributed by atoms with Gasteiger partial charge in [-0.25, -0.2) is 4.79 Å². The molecule has 2 amide bonds. The Morgan fingerprint density at radius 2 is 0.965 bits per heavy atom. The van der Waals surface area contributed by atoms with E-state index in [1.807, 2.05) is 0 Å². The van der Waals surface area contributed by atoms with Crippen LogP contribution in [0.5, 0.6) is 11.5 Å². The zero-order valence-corrected chi connectivity index (χ0v) is 34.8. The molecule has 1 aromatic heterocycles. The molecule has 2 fully saturated rings. The minimum absolute atomic E-state index is 0.0539. The number of carbonyl (C=O) groups is 2.